The smallest absolute Gasteiger partial charge is 0.239 e. The zero-order chi connectivity index (χ0) is 16.8. The average Bonchev–Trinajstić information content (AvgIpc) is 2.79. The maximum absolute atomic E-state index is 12.1. The standard InChI is InChI=1S/C18H26N4O/c1-15(18(23)20(2)3)22-10-4-9-21(11-12-22)14-17-7-5-16(13-19)6-8-17/h5-8,15H,4,9-12,14H2,1-3H3/t15-/m1/s1. The van der Waals surface area contributed by atoms with E-state index < -0.39 is 0 Å². The van der Waals surface area contributed by atoms with Crippen molar-refractivity contribution in [3.63, 3.8) is 0 Å². The molecule has 1 heterocycles. The zero-order valence-corrected chi connectivity index (χ0v) is 14.3. The molecule has 0 radical (unpaired) electrons. The summed E-state index contributed by atoms with van der Waals surface area (Å²) in [6.07, 6.45) is 1.07. The van der Waals surface area contributed by atoms with Crippen molar-refractivity contribution in [1.29, 1.82) is 5.26 Å². The lowest BCUT2D eigenvalue weighted by Crippen LogP contribution is -2.46. The first-order chi connectivity index (χ1) is 11.0. The molecule has 23 heavy (non-hydrogen) atoms. The molecule has 0 aromatic heterocycles. The van der Waals surface area contributed by atoms with Crippen LogP contribution in [0.2, 0.25) is 0 Å². The topological polar surface area (TPSA) is 50.6 Å². The normalized spacial score (nSPS) is 18.0. The van der Waals surface area contributed by atoms with Gasteiger partial charge in [-0.2, -0.15) is 5.26 Å². The van der Waals surface area contributed by atoms with Crippen LogP contribution in [0.1, 0.15) is 24.5 Å². The van der Waals surface area contributed by atoms with Gasteiger partial charge in [-0.25, -0.2) is 0 Å². The van der Waals surface area contributed by atoms with Crippen molar-refractivity contribution < 1.29 is 4.79 Å². The van der Waals surface area contributed by atoms with E-state index in [1.165, 1.54) is 5.56 Å². The van der Waals surface area contributed by atoms with Crippen molar-refractivity contribution in [2.24, 2.45) is 0 Å². The average molecular weight is 314 g/mol. The Morgan fingerprint density at radius 3 is 2.52 bits per heavy atom. The van der Waals surface area contributed by atoms with E-state index >= 15 is 0 Å². The Morgan fingerprint density at radius 1 is 1.22 bits per heavy atom. The summed E-state index contributed by atoms with van der Waals surface area (Å²) in [4.78, 5) is 18.5. The molecule has 1 atom stereocenters. The van der Waals surface area contributed by atoms with Crippen LogP contribution in [0.15, 0.2) is 24.3 Å². The highest BCUT2D eigenvalue weighted by molar-refractivity contribution is 5.80. The molecule has 1 aromatic carbocycles. The van der Waals surface area contributed by atoms with Crippen LogP contribution in [0.5, 0.6) is 0 Å². The van der Waals surface area contributed by atoms with E-state index in [9.17, 15) is 4.79 Å². The quantitative estimate of drug-likeness (QED) is 0.846. The van der Waals surface area contributed by atoms with E-state index in [2.05, 4.69) is 15.9 Å². The van der Waals surface area contributed by atoms with Gasteiger partial charge in [-0.05, 0) is 37.6 Å². The van der Waals surface area contributed by atoms with Crippen molar-refractivity contribution in [2.75, 3.05) is 40.3 Å². The molecule has 1 aliphatic heterocycles. The van der Waals surface area contributed by atoms with Crippen LogP contribution >= 0.6 is 0 Å². The lowest BCUT2D eigenvalue weighted by atomic mass is 10.1. The second-order valence-electron chi connectivity index (χ2n) is 6.38. The number of nitriles is 1. The van der Waals surface area contributed by atoms with Gasteiger partial charge in [0.2, 0.25) is 5.91 Å². The van der Waals surface area contributed by atoms with E-state index in [1.54, 1.807) is 4.90 Å². The largest absolute Gasteiger partial charge is 0.347 e. The molecule has 1 aliphatic rings. The SMILES string of the molecule is C[C@H](C(=O)N(C)C)N1CCCN(Cc2ccc(C#N)cc2)CC1. The van der Waals surface area contributed by atoms with E-state index in [-0.39, 0.29) is 11.9 Å². The summed E-state index contributed by atoms with van der Waals surface area (Å²) in [6.45, 7) is 6.78. The van der Waals surface area contributed by atoms with Crippen molar-refractivity contribution in [2.45, 2.75) is 25.9 Å². The van der Waals surface area contributed by atoms with Gasteiger partial charge in [0.05, 0.1) is 17.7 Å². The second-order valence-corrected chi connectivity index (χ2v) is 6.38. The third-order valence-corrected chi connectivity index (χ3v) is 4.46. The minimum Gasteiger partial charge on any atom is -0.347 e. The first-order valence-corrected chi connectivity index (χ1v) is 8.18. The van der Waals surface area contributed by atoms with Gasteiger partial charge in [0.25, 0.3) is 0 Å². The molecule has 1 saturated heterocycles. The van der Waals surface area contributed by atoms with Crippen LogP contribution in [-0.4, -0.2) is 66.9 Å². The highest BCUT2D eigenvalue weighted by Crippen LogP contribution is 2.12. The summed E-state index contributed by atoms with van der Waals surface area (Å²) in [5, 5.41) is 8.86. The molecule has 0 unspecified atom stereocenters. The number of carbonyl (C=O) groups excluding carboxylic acids is 1. The fourth-order valence-corrected chi connectivity index (χ4v) is 3.01. The number of carbonyl (C=O) groups is 1. The Hall–Kier alpha value is -1.90. The summed E-state index contributed by atoms with van der Waals surface area (Å²) < 4.78 is 0. The maximum Gasteiger partial charge on any atom is 0.239 e. The van der Waals surface area contributed by atoms with Crippen LogP contribution in [-0.2, 0) is 11.3 Å². The molecule has 124 valence electrons. The molecule has 0 spiro atoms. The molecule has 2 rings (SSSR count). The van der Waals surface area contributed by atoms with Gasteiger partial charge in [0, 0.05) is 40.3 Å². The van der Waals surface area contributed by atoms with Gasteiger partial charge in [-0.15, -0.1) is 0 Å². The molecule has 0 N–H and O–H groups in total. The van der Waals surface area contributed by atoms with Crippen molar-refractivity contribution in [1.82, 2.24) is 14.7 Å². The van der Waals surface area contributed by atoms with Gasteiger partial charge < -0.3 is 4.90 Å². The lowest BCUT2D eigenvalue weighted by Gasteiger charge is -2.28. The number of benzene rings is 1. The van der Waals surface area contributed by atoms with E-state index in [4.69, 9.17) is 5.26 Å². The predicted octanol–water partition coefficient (Wildman–Crippen LogP) is 1.54. The third kappa shape index (κ3) is 4.78. The first-order valence-electron chi connectivity index (χ1n) is 8.18. The Bertz CT molecular complexity index is 561. The fourth-order valence-electron chi connectivity index (χ4n) is 3.01. The summed E-state index contributed by atoms with van der Waals surface area (Å²) in [5.74, 6) is 0.172. The van der Waals surface area contributed by atoms with Crippen LogP contribution in [0.4, 0.5) is 0 Å². The summed E-state index contributed by atoms with van der Waals surface area (Å²) in [7, 11) is 3.63. The monoisotopic (exact) mass is 314 g/mol. The summed E-state index contributed by atoms with van der Waals surface area (Å²) >= 11 is 0. The van der Waals surface area contributed by atoms with Crippen molar-refractivity contribution in [3.05, 3.63) is 35.4 Å². The molecule has 1 aromatic rings. The fraction of sp³-hybridized carbons (Fsp3) is 0.556. The van der Waals surface area contributed by atoms with Gasteiger partial charge in [0.1, 0.15) is 0 Å². The Morgan fingerprint density at radius 2 is 1.91 bits per heavy atom. The van der Waals surface area contributed by atoms with Crippen LogP contribution in [0.25, 0.3) is 0 Å². The lowest BCUT2D eigenvalue weighted by molar-refractivity contribution is -0.133. The molecular formula is C18H26N4O. The zero-order valence-electron chi connectivity index (χ0n) is 14.3. The summed E-state index contributed by atoms with van der Waals surface area (Å²) in [5.41, 5.74) is 1.93. The predicted molar refractivity (Wildman–Crippen MR) is 90.8 cm³/mol. The first kappa shape index (κ1) is 17.5. The molecular weight excluding hydrogens is 288 g/mol. The maximum atomic E-state index is 12.1. The second kappa shape index (κ2) is 8.09. The number of hydrogen-bond donors (Lipinski definition) is 0. The molecule has 0 bridgehead atoms. The third-order valence-electron chi connectivity index (χ3n) is 4.46. The van der Waals surface area contributed by atoms with Crippen LogP contribution in [0.3, 0.4) is 0 Å². The Kier molecular flexibility index (Phi) is 6.14. The number of hydrogen-bond acceptors (Lipinski definition) is 4. The Balaban J connectivity index is 1.90. The number of rotatable bonds is 4. The van der Waals surface area contributed by atoms with Gasteiger partial charge >= 0.3 is 0 Å². The Labute approximate surface area is 139 Å². The minimum absolute atomic E-state index is 0.0557. The molecule has 1 fully saturated rings. The summed E-state index contributed by atoms with van der Waals surface area (Å²) in [6, 6.07) is 9.89. The van der Waals surface area contributed by atoms with Gasteiger partial charge in [-0.3, -0.25) is 14.6 Å². The van der Waals surface area contributed by atoms with Gasteiger partial charge in [-0.1, -0.05) is 12.1 Å². The molecule has 5 nitrogen and oxygen atoms in total. The molecule has 0 aliphatic carbocycles. The molecule has 5 heteroatoms. The van der Waals surface area contributed by atoms with Crippen molar-refractivity contribution in [3.8, 4) is 6.07 Å². The van der Waals surface area contributed by atoms with Gasteiger partial charge in [0.15, 0.2) is 0 Å². The number of amides is 1. The van der Waals surface area contributed by atoms with Crippen LogP contribution < -0.4 is 0 Å². The molecule has 0 saturated carbocycles. The highest BCUT2D eigenvalue weighted by Gasteiger charge is 2.24. The number of likely N-dealkylation sites (N-methyl/N-ethyl adjacent to an activating group) is 1. The minimum atomic E-state index is -0.0557. The number of nitrogens with zero attached hydrogens (tertiary/aromatic N) is 4. The van der Waals surface area contributed by atoms with E-state index in [0.29, 0.717) is 5.56 Å². The van der Waals surface area contributed by atoms with E-state index in [1.807, 2.05) is 45.3 Å². The van der Waals surface area contributed by atoms with Crippen LogP contribution in [0, 0.1) is 11.3 Å². The molecule has 1 amide bonds. The van der Waals surface area contributed by atoms with Crippen molar-refractivity contribution >= 4 is 5.91 Å². The van der Waals surface area contributed by atoms with E-state index in [0.717, 1.165) is 39.1 Å². The highest BCUT2D eigenvalue weighted by atomic mass is 16.2.